The van der Waals surface area contributed by atoms with E-state index in [1.165, 1.54) is 13.5 Å². The predicted molar refractivity (Wildman–Crippen MR) is 63.6 cm³/mol. The number of ketones is 1. The van der Waals surface area contributed by atoms with Gasteiger partial charge >= 0.3 is 5.97 Å². The molecule has 1 saturated heterocycles. The first kappa shape index (κ1) is 13.1. The Bertz CT molecular complexity index is 342. The van der Waals surface area contributed by atoms with Crippen molar-refractivity contribution in [1.82, 2.24) is 5.32 Å². The fourth-order valence-electron chi connectivity index (χ4n) is 2.98. The summed E-state index contributed by atoms with van der Waals surface area (Å²) < 4.78 is 4.49. The summed E-state index contributed by atoms with van der Waals surface area (Å²) in [5.41, 5.74) is 0. The molecule has 1 saturated carbocycles. The summed E-state index contributed by atoms with van der Waals surface area (Å²) in [5, 5.41) is 2.82. The van der Waals surface area contributed by atoms with Crippen molar-refractivity contribution >= 4 is 17.7 Å². The second kappa shape index (κ2) is 5.50. The molecule has 0 spiro atoms. The second-order valence-corrected chi connectivity index (χ2v) is 5.14. The molecule has 1 aliphatic carbocycles. The van der Waals surface area contributed by atoms with Gasteiger partial charge in [0, 0.05) is 12.5 Å². The third-order valence-electron chi connectivity index (χ3n) is 3.99. The van der Waals surface area contributed by atoms with Crippen LogP contribution in [0.4, 0.5) is 0 Å². The lowest BCUT2D eigenvalue weighted by Gasteiger charge is -2.34. The molecule has 0 radical (unpaired) electrons. The minimum atomic E-state index is -1.25. The molecular formula is C13H19NO4. The summed E-state index contributed by atoms with van der Waals surface area (Å²) in [5.74, 6) is -2.42. The highest BCUT2D eigenvalue weighted by molar-refractivity contribution is 6.18. The monoisotopic (exact) mass is 253 g/mol. The van der Waals surface area contributed by atoms with Crippen molar-refractivity contribution in [2.75, 3.05) is 7.11 Å². The number of Topliss-reactive ketones (excluding diaryl/α,β-unsaturated/α-hetero) is 1. The Morgan fingerprint density at radius 3 is 2.44 bits per heavy atom. The standard InChI is InChI=1S/C13H19NO4/c1-18-13(17)11-10(15)7-9(14-12(11)16)8-5-3-2-4-6-8/h8-9,11H,2-7H2,1H3,(H,14,16). The van der Waals surface area contributed by atoms with Gasteiger partial charge in [-0.1, -0.05) is 19.3 Å². The zero-order valence-electron chi connectivity index (χ0n) is 10.6. The van der Waals surface area contributed by atoms with Crippen LogP contribution in [-0.4, -0.2) is 30.8 Å². The summed E-state index contributed by atoms with van der Waals surface area (Å²) in [6.07, 6.45) is 5.92. The maximum atomic E-state index is 11.9. The number of esters is 1. The molecule has 2 unspecified atom stereocenters. The molecule has 18 heavy (non-hydrogen) atoms. The molecule has 0 aromatic carbocycles. The second-order valence-electron chi connectivity index (χ2n) is 5.14. The molecule has 1 amide bonds. The minimum Gasteiger partial charge on any atom is -0.468 e. The molecule has 0 aromatic rings. The first-order valence-electron chi connectivity index (χ1n) is 6.54. The van der Waals surface area contributed by atoms with Crippen molar-refractivity contribution in [3.05, 3.63) is 0 Å². The number of methoxy groups -OCH3 is 1. The van der Waals surface area contributed by atoms with E-state index in [0.29, 0.717) is 5.92 Å². The maximum absolute atomic E-state index is 11.9. The number of carbonyl (C=O) groups is 3. The van der Waals surface area contributed by atoms with Crippen molar-refractivity contribution in [2.45, 2.75) is 44.6 Å². The molecule has 1 N–H and O–H groups in total. The van der Waals surface area contributed by atoms with Gasteiger partial charge in [-0.25, -0.2) is 0 Å². The first-order chi connectivity index (χ1) is 8.63. The zero-order chi connectivity index (χ0) is 13.1. The number of amides is 1. The summed E-state index contributed by atoms with van der Waals surface area (Å²) in [4.78, 5) is 35.1. The number of hydrogen-bond acceptors (Lipinski definition) is 4. The van der Waals surface area contributed by atoms with E-state index in [1.807, 2.05) is 0 Å². The SMILES string of the molecule is COC(=O)C1C(=O)CC(C2CCCCC2)NC1=O. The molecule has 0 aromatic heterocycles. The molecule has 5 heteroatoms. The number of piperidine rings is 1. The topological polar surface area (TPSA) is 72.5 Å². The van der Waals surface area contributed by atoms with E-state index in [-0.39, 0.29) is 18.2 Å². The van der Waals surface area contributed by atoms with Crippen molar-refractivity contribution in [3.63, 3.8) is 0 Å². The van der Waals surface area contributed by atoms with Gasteiger partial charge in [-0.05, 0) is 18.8 Å². The van der Waals surface area contributed by atoms with E-state index < -0.39 is 17.8 Å². The van der Waals surface area contributed by atoms with Crippen LogP contribution in [-0.2, 0) is 19.1 Å². The van der Waals surface area contributed by atoms with Gasteiger partial charge in [-0.3, -0.25) is 14.4 Å². The average molecular weight is 253 g/mol. The molecule has 1 aliphatic heterocycles. The van der Waals surface area contributed by atoms with Crippen LogP contribution in [0.1, 0.15) is 38.5 Å². The van der Waals surface area contributed by atoms with Crippen molar-refractivity contribution in [3.8, 4) is 0 Å². The molecule has 1 heterocycles. The number of rotatable bonds is 2. The first-order valence-corrected chi connectivity index (χ1v) is 6.54. The van der Waals surface area contributed by atoms with E-state index in [4.69, 9.17) is 0 Å². The van der Waals surface area contributed by atoms with E-state index in [9.17, 15) is 14.4 Å². The van der Waals surface area contributed by atoms with Crippen LogP contribution in [0.2, 0.25) is 0 Å². The highest BCUT2D eigenvalue weighted by atomic mass is 16.5. The van der Waals surface area contributed by atoms with Gasteiger partial charge in [0.1, 0.15) is 0 Å². The van der Waals surface area contributed by atoms with Gasteiger partial charge in [0.2, 0.25) is 5.91 Å². The van der Waals surface area contributed by atoms with Crippen LogP contribution in [0.3, 0.4) is 0 Å². The Morgan fingerprint density at radius 2 is 1.89 bits per heavy atom. The third kappa shape index (κ3) is 2.54. The highest BCUT2D eigenvalue weighted by Gasteiger charge is 2.43. The van der Waals surface area contributed by atoms with Crippen LogP contribution in [0.25, 0.3) is 0 Å². The van der Waals surface area contributed by atoms with E-state index in [0.717, 1.165) is 25.7 Å². The zero-order valence-corrected chi connectivity index (χ0v) is 10.6. The largest absolute Gasteiger partial charge is 0.468 e. The molecule has 2 atom stereocenters. The molecule has 0 bridgehead atoms. The lowest BCUT2D eigenvalue weighted by Crippen LogP contribution is -2.54. The number of nitrogens with one attached hydrogen (secondary N) is 1. The Morgan fingerprint density at radius 1 is 1.22 bits per heavy atom. The lowest BCUT2D eigenvalue weighted by atomic mass is 9.78. The van der Waals surface area contributed by atoms with Crippen LogP contribution < -0.4 is 5.32 Å². The van der Waals surface area contributed by atoms with Gasteiger partial charge in [0.25, 0.3) is 0 Å². The molecule has 5 nitrogen and oxygen atoms in total. The van der Waals surface area contributed by atoms with Gasteiger partial charge in [0.15, 0.2) is 11.7 Å². The summed E-state index contributed by atoms with van der Waals surface area (Å²) in [7, 11) is 1.19. The Labute approximate surface area is 106 Å². The number of hydrogen-bond donors (Lipinski definition) is 1. The predicted octanol–water partition coefficient (Wildman–Crippen LogP) is 0.813. The fraction of sp³-hybridized carbons (Fsp3) is 0.769. The van der Waals surface area contributed by atoms with Gasteiger partial charge < -0.3 is 10.1 Å². The number of ether oxygens (including phenoxy) is 1. The lowest BCUT2D eigenvalue weighted by molar-refractivity contribution is -0.156. The van der Waals surface area contributed by atoms with Gasteiger partial charge in [-0.2, -0.15) is 0 Å². The van der Waals surface area contributed by atoms with Crippen molar-refractivity contribution in [1.29, 1.82) is 0 Å². The van der Waals surface area contributed by atoms with Gasteiger partial charge in [-0.15, -0.1) is 0 Å². The third-order valence-corrected chi connectivity index (χ3v) is 3.99. The van der Waals surface area contributed by atoms with Crippen LogP contribution in [0.5, 0.6) is 0 Å². The normalized spacial score (nSPS) is 29.8. The average Bonchev–Trinajstić information content (AvgIpc) is 2.38. The maximum Gasteiger partial charge on any atom is 0.325 e. The van der Waals surface area contributed by atoms with Crippen molar-refractivity contribution < 1.29 is 19.1 Å². The summed E-state index contributed by atoms with van der Waals surface area (Å²) in [6, 6.07) is -0.0915. The van der Waals surface area contributed by atoms with Crippen molar-refractivity contribution in [2.24, 2.45) is 11.8 Å². The Hall–Kier alpha value is -1.39. The quantitative estimate of drug-likeness (QED) is 0.584. The van der Waals surface area contributed by atoms with Crippen LogP contribution in [0, 0.1) is 11.8 Å². The highest BCUT2D eigenvalue weighted by Crippen LogP contribution is 2.30. The summed E-state index contributed by atoms with van der Waals surface area (Å²) >= 11 is 0. The van der Waals surface area contributed by atoms with Crippen LogP contribution >= 0.6 is 0 Å². The van der Waals surface area contributed by atoms with Crippen LogP contribution in [0.15, 0.2) is 0 Å². The minimum absolute atomic E-state index is 0.0915. The van der Waals surface area contributed by atoms with E-state index in [1.54, 1.807) is 0 Å². The smallest absolute Gasteiger partial charge is 0.325 e. The molecule has 2 fully saturated rings. The van der Waals surface area contributed by atoms with E-state index in [2.05, 4.69) is 10.1 Å². The van der Waals surface area contributed by atoms with E-state index >= 15 is 0 Å². The fourth-order valence-corrected chi connectivity index (χ4v) is 2.98. The summed E-state index contributed by atoms with van der Waals surface area (Å²) in [6.45, 7) is 0. The molecule has 100 valence electrons. The molecule has 2 aliphatic rings. The Kier molecular flexibility index (Phi) is 3.99. The Balaban J connectivity index is 2.02. The molecule has 2 rings (SSSR count). The molecular weight excluding hydrogens is 234 g/mol. The van der Waals surface area contributed by atoms with Gasteiger partial charge in [0.05, 0.1) is 7.11 Å². The number of carbonyl (C=O) groups excluding carboxylic acids is 3.